The molecule has 2 aromatic rings. The predicted octanol–water partition coefficient (Wildman–Crippen LogP) is 1.49. The van der Waals surface area contributed by atoms with Crippen LogP contribution in [0.4, 0.5) is 0 Å². The Morgan fingerprint density at radius 2 is 2.04 bits per heavy atom. The summed E-state index contributed by atoms with van der Waals surface area (Å²) in [5.74, 6) is 1.99. The van der Waals surface area contributed by atoms with Crippen molar-refractivity contribution in [1.29, 1.82) is 0 Å². The Bertz CT molecular complexity index is 814. The zero-order valence-electron chi connectivity index (χ0n) is 15.5. The van der Waals surface area contributed by atoms with Gasteiger partial charge in [0.05, 0.1) is 13.0 Å². The average Bonchev–Trinajstić information content (AvgIpc) is 3.08. The van der Waals surface area contributed by atoms with Crippen LogP contribution in [0.3, 0.4) is 0 Å². The zero-order valence-corrected chi connectivity index (χ0v) is 16.2. The molecule has 27 heavy (non-hydrogen) atoms. The Morgan fingerprint density at radius 3 is 2.67 bits per heavy atom. The topological polar surface area (TPSA) is 86.9 Å². The summed E-state index contributed by atoms with van der Waals surface area (Å²) in [5.41, 5.74) is 0.933. The summed E-state index contributed by atoms with van der Waals surface area (Å²) in [6.07, 6.45) is 0.365. The number of hydrogen-bond donors (Lipinski definition) is 1. The zero-order chi connectivity index (χ0) is 19.2. The van der Waals surface area contributed by atoms with Gasteiger partial charge in [0.25, 0.3) is 0 Å². The first-order chi connectivity index (χ1) is 13.0. The summed E-state index contributed by atoms with van der Waals surface area (Å²) in [5, 5.41) is 7.64. The van der Waals surface area contributed by atoms with E-state index in [4.69, 9.17) is 16.1 Å². The first-order valence-corrected chi connectivity index (χ1v) is 9.20. The van der Waals surface area contributed by atoms with Crippen molar-refractivity contribution in [2.75, 3.05) is 33.2 Å². The fraction of sp³-hybridized carbons (Fsp3) is 0.444. The summed E-state index contributed by atoms with van der Waals surface area (Å²) in [6.45, 7) is 4.93. The molecule has 144 valence electrons. The van der Waals surface area contributed by atoms with Crippen molar-refractivity contribution in [2.45, 2.75) is 19.9 Å². The lowest BCUT2D eigenvalue weighted by Gasteiger charge is -2.36. The van der Waals surface area contributed by atoms with Gasteiger partial charge in [-0.1, -0.05) is 28.9 Å². The molecule has 0 aliphatic carbocycles. The molecule has 3 rings (SSSR count). The molecule has 1 saturated heterocycles. The molecule has 1 amide bonds. The van der Waals surface area contributed by atoms with Crippen LogP contribution in [-0.4, -0.2) is 65.0 Å². The van der Waals surface area contributed by atoms with Gasteiger partial charge in [0, 0.05) is 38.2 Å². The number of aryl methyl sites for hydroxylation is 1. The van der Waals surface area contributed by atoms with E-state index in [1.807, 2.05) is 29.2 Å². The molecule has 0 atom stereocenters. The number of nitrogens with one attached hydrogen (secondary N) is 1. The van der Waals surface area contributed by atoms with E-state index in [-0.39, 0.29) is 5.91 Å². The van der Waals surface area contributed by atoms with Gasteiger partial charge in [-0.3, -0.25) is 9.79 Å². The fourth-order valence-corrected chi connectivity index (χ4v) is 3.21. The van der Waals surface area contributed by atoms with Gasteiger partial charge < -0.3 is 19.6 Å². The number of aliphatic imine (C=N–C) groups is 1. The van der Waals surface area contributed by atoms with E-state index >= 15 is 0 Å². The number of piperazine rings is 1. The number of aromatic nitrogens is 2. The van der Waals surface area contributed by atoms with Gasteiger partial charge in [0.2, 0.25) is 11.8 Å². The Balaban J connectivity index is 1.49. The van der Waals surface area contributed by atoms with Crippen LogP contribution in [-0.2, 0) is 17.8 Å². The maximum Gasteiger partial charge on any atom is 0.246 e. The second-order valence-corrected chi connectivity index (χ2v) is 6.75. The molecule has 2 heterocycles. The van der Waals surface area contributed by atoms with Gasteiger partial charge in [-0.25, -0.2) is 0 Å². The van der Waals surface area contributed by atoms with Gasteiger partial charge in [-0.05, 0) is 24.6 Å². The number of carbonyl (C=O) groups is 1. The highest BCUT2D eigenvalue weighted by atomic mass is 35.5. The standard InChI is InChI=1S/C18H23ClN6O2/c1-13-22-16(27-23-13)12-21-18(20-2)25-8-6-24(7-9-25)17(26)11-14-4-3-5-15(19)10-14/h3-5,10H,6-9,11-12H2,1-2H3,(H,20,21). The number of amides is 1. The van der Waals surface area contributed by atoms with Crippen molar-refractivity contribution in [3.8, 4) is 0 Å². The maximum atomic E-state index is 12.5. The first-order valence-electron chi connectivity index (χ1n) is 8.82. The largest absolute Gasteiger partial charge is 0.347 e. The Hall–Kier alpha value is -2.61. The van der Waals surface area contributed by atoms with Crippen molar-refractivity contribution < 1.29 is 9.32 Å². The summed E-state index contributed by atoms with van der Waals surface area (Å²) in [7, 11) is 1.73. The quantitative estimate of drug-likeness (QED) is 0.628. The normalized spacial score (nSPS) is 15.1. The van der Waals surface area contributed by atoms with Crippen LogP contribution in [0.25, 0.3) is 0 Å². The number of guanidine groups is 1. The van der Waals surface area contributed by atoms with Gasteiger partial charge in [0.1, 0.15) is 0 Å². The summed E-state index contributed by atoms with van der Waals surface area (Å²) < 4.78 is 5.10. The lowest BCUT2D eigenvalue weighted by atomic mass is 10.1. The van der Waals surface area contributed by atoms with Crippen LogP contribution in [0.2, 0.25) is 5.02 Å². The number of rotatable bonds is 4. The highest BCUT2D eigenvalue weighted by Gasteiger charge is 2.23. The van der Waals surface area contributed by atoms with Gasteiger partial charge in [-0.2, -0.15) is 4.98 Å². The lowest BCUT2D eigenvalue weighted by Crippen LogP contribution is -2.53. The second-order valence-electron chi connectivity index (χ2n) is 6.31. The number of hydrogen-bond acceptors (Lipinski definition) is 5. The molecular formula is C18H23ClN6O2. The molecule has 0 spiro atoms. The molecule has 1 aliphatic rings. The summed E-state index contributed by atoms with van der Waals surface area (Å²) in [6, 6.07) is 7.43. The van der Waals surface area contributed by atoms with Crippen LogP contribution < -0.4 is 5.32 Å². The second kappa shape index (κ2) is 8.85. The molecule has 9 heteroatoms. The third-order valence-electron chi connectivity index (χ3n) is 4.36. The van der Waals surface area contributed by atoms with Crippen molar-refractivity contribution in [3.05, 3.63) is 46.6 Å². The smallest absolute Gasteiger partial charge is 0.246 e. The number of halogens is 1. The van der Waals surface area contributed by atoms with E-state index in [0.29, 0.717) is 55.9 Å². The molecular weight excluding hydrogens is 368 g/mol. The molecule has 1 N–H and O–H groups in total. The van der Waals surface area contributed by atoms with Crippen LogP contribution in [0.5, 0.6) is 0 Å². The minimum Gasteiger partial charge on any atom is -0.347 e. The van der Waals surface area contributed by atoms with Gasteiger partial charge in [0.15, 0.2) is 11.8 Å². The van der Waals surface area contributed by atoms with Gasteiger partial charge in [-0.15, -0.1) is 0 Å². The van der Waals surface area contributed by atoms with Crippen LogP contribution in [0, 0.1) is 6.92 Å². The van der Waals surface area contributed by atoms with Crippen LogP contribution in [0.1, 0.15) is 17.3 Å². The van der Waals surface area contributed by atoms with Crippen molar-refractivity contribution in [1.82, 2.24) is 25.3 Å². The highest BCUT2D eigenvalue weighted by Crippen LogP contribution is 2.13. The van der Waals surface area contributed by atoms with Gasteiger partial charge >= 0.3 is 0 Å². The minimum atomic E-state index is 0.112. The Labute approximate surface area is 163 Å². The van der Waals surface area contributed by atoms with E-state index in [9.17, 15) is 4.79 Å². The highest BCUT2D eigenvalue weighted by molar-refractivity contribution is 6.30. The average molecular weight is 391 g/mol. The monoisotopic (exact) mass is 390 g/mol. The van der Waals surface area contributed by atoms with Crippen LogP contribution in [0.15, 0.2) is 33.8 Å². The maximum absolute atomic E-state index is 12.5. The molecule has 1 aromatic heterocycles. The molecule has 0 radical (unpaired) electrons. The molecule has 1 fully saturated rings. The predicted molar refractivity (Wildman–Crippen MR) is 103 cm³/mol. The first kappa shape index (κ1) is 19.2. The van der Waals surface area contributed by atoms with E-state index in [1.54, 1.807) is 14.0 Å². The van der Waals surface area contributed by atoms with E-state index in [1.165, 1.54) is 0 Å². The number of carbonyl (C=O) groups excluding carboxylic acids is 1. The number of nitrogens with zero attached hydrogens (tertiary/aromatic N) is 5. The Kier molecular flexibility index (Phi) is 6.28. The third kappa shape index (κ3) is 5.19. The van der Waals surface area contributed by atoms with Crippen molar-refractivity contribution >= 4 is 23.5 Å². The molecule has 8 nitrogen and oxygen atoms in total. The van der Waals surface area contributed by atoms with E-state index < -0.39 is 0 Å². The summed E-state index contributed by atoms with van der Waals surface area (Å²) >= 11 is 5.99. The third-order valence-corrected chi connectivity index (χ3v) is 4.59. The SMILES string of the molecule is CN=C(NCc1nc(C)no1)N1CCN(C(=O)Cc2cccc(Cl)c2)CC1. The molecule has 0 saturated carbocycles. The van der Waals surface area contributed by atoms with E-state index in [0.717, 1.165) is 11.5 Å². The molecule has 0 unspecified atom stereocenters. The number of benzene rings is 1. The van der Waals surface area contributed by atoms with Crippen LogP contribution >= 0.6 is 11.6 Å². The fourth-order valence-electron chi connectivity index (χ4n) is 3.00. The minimum absolute atomic E-state index is 0.112. The van der Waals surface area contributed by atoms with Crippen molar-refractivity contribution in [2.24, 2.45) is 4.99 Å². The Morgan fingerprint density at radius 1 is 1.30 bits per heavy atom. The molecule has 1 aromatic carbocycles. The lowest BCUT2D eigenvalue weighted by molar-refractivity contribution is -0.131. The van der Waals surface area contributed by atoms with E-state index in [2.05, 4.69) is 25.3 Å². The molecule has 0 bridgehead atoms. The van der Waals surface area contributed by atoms with Crippen molar-refractivity contribution in [3.63, 3.8) is 0 Å². The summed E-state index contributed by atoms with van der Waals surface area (Å²) in [4.78, 5) is 25.0. The molecule has 1 aliphatic heterocycles.